The monoisotopic (exact) mass is 410 g/mol. The van der Waals surface area contributed by atoms with Crippen molar-refractivity contribution >= 4 is 40.8 Å². The zero-order valence-electron chi connectivity index (χ0n) is 15.1. The molecule has 4 rings (SSSR count). The molecule has 1 fully saturated rings. The van der Waals surface area contributed by atoms with Crippen molar-refractivity contribution in [2.24, 2.45) is 0 Å². The maximum absolute atomic E-state index is 13.0. The van der Waals surface area contributed by atoms with E-state index in [2.05, 4.69) is 0 Å². The second-order valence-corrected chi connectivity index (χ2v) is 7.54. The van der Waals surface area contributed by atoms with E-state index in [1.54, 1.807) is 24.3 Å². The first-order valence-corrected chi connectivity index (χ1v) is 9.73. The Morgan fingerprint density at radius 2 is 1.38 bits per heavy atom. The minimum absolute atomic E-state index is 0.0961. The molecule has 2 heterocycles. The molecule has 0 radical (unpaired) electrons. The molecule has 0 bridgehead atoms. The average Bonchev–Trinajstić information content (AvgIpc) is 3.12. The first kappa shape index (κ1) is 19.1. The van der Waals surface area contributed by atoms with Crippen molar-refractivity contribution in [1.29, 1.82) is 0 Å². The molecule has 8 heteroatoms. The molecular weight excluding hydrogens is 395 g/mol. The van der Waals surface area contributed by atoms with E-state index in [1.165, 1.54) is 30.3 Å². The topological polar surface area (TPSA) is 74.8 Å². The van der Waals surface area contributed by atoms with Gasteiger partial charge in [-0.2, -0.15) is 0 Å². The first-order chi connectivity index (χ1) is 14.0. The number of halogens is 1. The van der Waals surface area contributed by atoms with Crippen LogP contribution in [0.15, 0.2) is 53.4 Å². The summed E-state index contributed by atoms with van der Waals surface area (Å²) in [5.41, 5.74) is 1.35. The van der Waals surface area contributed by atoms with Crippen molar-refractivity contribution < 1.29 is 23.6 Å². The molecule has 0 aromatic heterocycles. The van der Waals surface area contributed by atoms with Crippen LogP contribution in [0.4, 0.5) is 9.18 Å². The predicted molar refractivity (Wildman–Crippen MR) is 106 cm³/mol. The molecule has 2 aliphatic heterocycles. The van der Waals surface area contributed by atoms with Gasteiger partial charge in [-0.25, -0.2) is 4.39 Å². The molecule has 146 valence electrons. The molecule has 2 aromatic rings. The van der Waals surface area contributed by atoms with Gasteiger partial charge in [0, 0.05) is 13.1 Å². The van der Waals surface area contributed by atoms with E-state index in [9.17, 15) is 23.6 Å². The van der Waals surface area contributed by atoms with Gasteiger partial charge in [0.15, 0.2) is 0 Å². The van der Waals surface area contributed by atoms with Gasteiger partial charge in [0.05, 0.1) is 16.0 Å². The van der Waals surface area contributed by atoms with Gasteiger partial charge >= 0.3 is 0 Å². The SMILES string of the molecule is O=C1S/C(=C/c2ccc(F)cc2)C(=O)N1CCCN1C(=O)c2ccccc2C1=O. The predicted octanol–water partition coefficient (Wildman–Crippen LogP) is 3.55. The molecule has 0 N–H and O–H groups in total. The highest BCUT2D eigenvalue weighted by molar-refractivity contribution is 8.18. The van der Waals surface area contributed by atoms with Crippen molar-refractivity contribution in [1.82, 2.24) is 9.80 Å². The molecule has 4 amide bonds. The highest BCUT2D eigenvalue weighted by Crippen LogP contribution is 2.32. The van der Waals surface area contributed by atoms with Crippen LogP contribution < -0.4 is 0 Å². The van der Waals surface area contributed by atoms with Crippen LogP contribution in [0.3, 0.4) is 0 Å². The van der Waals surface area contributed by atoms with Crippen LogP contribution in [0.1, 0.15) is 32.7 Å². The number of imide groups is 2. The fourth-order valence-electron chi connectivity index (χ4n) is 3.23. The smallest absolute Gasteiger partial charge is 0.274 e. The van der Waals surface area contributed by atoms with E-state index in [0.717, 1.165) is 21.6 Å². The Hall–Kier alpha value is -3.26. The number of fused-ring (bicyclic) bond motifs is 1. The number of benzene rings is 2. The van der Waals surface area contributed by atoms with Gasteiger partial charge in [-0.3, -0.25) is 29.0 Å². The van der Waals surface area contributed by atoms with E-state index in [1.807, 2.05) is 0 Å². The summed E-state index contributed by atoms with van der Waals surface area (Å²) in [4.78, 5) is 51.9. The summed E-state index contributed by atoms with van der Waals surface area (Å²) in [6, 6.07) is 12.2. The summed E-state index contributed by atoms with van der Waals surface area (Å²) in [6.45, 7) is 0.212. The number of carbonyl (C=O) groups excluding carboxylic acids is 4. The molecule has 0 aliphatic carbocycles. The summed E-state index contributed by atoms with van der Waals surface area (Å²) < 4.78 is 13.0. The van der Waals surface area contributed by atoms with E-state index < -0.39 is 11.1 Å². The molecule has 0 unspecified atom stereocenters. The van der Waals surface area contributed by atoms with Gasteiger partial charge in [0.25, 0.3) is 23.0 Å². The van der Waals surface area contributed by atoms with Crippen LogP contribution in [0.2, 0.25) is 0 Å². The van der Waals surface area contributed by atoms with Crippen LogP contribution in [0.25, 0.3) is 6.08 Å². The van der Waals surface area contributed by atoms with E-state index in [-0.39, 0.29) is 42.0 Å². The lowest BCUT2D eigenvalue weighted by atomic mass is 10.1. The van der Waals surface area contributed by atoms with Crippen LogP contribution in [0.5, 0.6) is 0 Å². The van der Waals surface area contributed by atoms with Crippen molar-refractivity contribution in [2.75, 3.05) is 13.1 Å². The Morgan fingerprint density at radius 3 is 2.00 bits per heavy atom. The maximum atomic E-state index is 13.0. The minimum atomic E-state index is -0.438. The first-order valence-electron chi connectivity index (χ1n) is 8.92. The van der Waals surface area contributed by atoms with Crippen LogP contribution in [0, 0.1) is 5.82 Å². The maximum Gasteiger partial charge on any atom is 0.293 e. The van der Waals surface area contributed by atoms with E-state index in [4.69, 9.17) is 0 Å². The van der Waals surface area contributed by atoms with Crippen molar-refractivity contribution in [3.05, 3.63) is 75.9 Å². The number of hydrogen-bond donors (Lipinski definition) is 0. The molecule has 6 nitrogen and oxygen atoms in total. The largest absolute Gasteiger partial charge is 0.293 e. The lowest BCUT2D eigenvalue weighted by Crippen LogP contribution is -2.35. The summed E-state index contributed by atoms with van der Waals surface area (Å²) in [7, 11) is 0. The normalized spacial score (nSPS) is 17.6. The third kappa shape index (κ3) is 3.58. The fraction of sp³-hybridized carbons (Fsp3) is 0.143. The van der Waals surface area contributed by atoms with Crippen LogP contribution >= 0.6 is 11.8 Å². The molecule has 0 spiro atoms. The lowest BCUT2D eigenvalue weighted by molar-refractivity contribution is -0.122. The Bertz CT molecular complexity index is 1030. The molecular formula is C21H15FN2O4S. The molecule has 2 aromatic carbocycles. The third-order valence-electron chi connectivity index (χ3n) is 4.68. The van der Waals surface area contributed by atoms with Gasteiger partial charge in [0.1, 0.15) is 5.82 Å². The number of carbonyl (C=O) groups is 4. The fourth-order valence-corrected chi connectivity index (χ4v) is 4.10. The van der Waals surface area contributed by atoms with Gasteiger partial charge in [0.2, 0.25) is 0 Å². The Kier molecular flexibility index (Phi) is 5.02. The van der Waals surface area contributed by atoms with Crippen LogP contribution in [-0.2, 0) is 4.79 Å². The summed E-state index contributed by atoms with van der Waals surface area (Å²) in [6.07, 6.45) is 1.82. The van der Waals surface area contributed by atoms with E-state index >= 15 is 0 Å². The minimum Gasteiger partial charge on any atom is -0.274 e. The third-order valence-corrected chi connectivity index (χ3v) is 5.59. The molecule has 1 saturated heterocycles. The van der Waals surface area contributed by atoms with Gasteiger partial charge in [-0.15, -0.1) is 0 Å². The Balaban J connectivity index is 1.39. The van der Waals surface area contributed by atoms with Gasteiger partial charge in [-0.05, 0) is 54.1 Å². The summed E-state index contributed by atoms with van der Waals surface area (Å²) >= 11 is 0.812. The second-order valence-electron chi connectivity index (χ2n) is 6.55. The average molecular weight is 410 g/mol. The number of amides is 4. The Labute approximate surface area is 170 Å². The van der Waals surface area contributed by atoms with Gasteiger partial charge < -0.3 is 0 Å². The highest BCUT2D eigenvalue weighted by atomic mass is 32.2. The summed E-state index contributed by atoms with van der Waals surface area (Å²) in [5.74, 6) is -1.55. The number of hydrogen-bond acceptors (Lipinski definition) is 5. The lowest BCUT2D eigenvalue weighted by Gasteiger charge is -2.16. The molecule has 2 aliphatic rings. The second kappa shape index (κ2) is 7.63. The quantitative estimate of drug-likeness (QED) is 0.557. The number of thioether (sulfide) groups is 1. The van der Waals surface area contributed by atoms with Gasteiger partial charge in [-0.1, -0.05) is 24.3 Å². The molecule has 0 atom stereocenters. The van der Waals surface area contributed by atoms with E-state index in [0.29, 0.717) is 16.7 Å². The molecule has 0 saturated carbocycles. The molecule has 29 heavy (non-hydrogen) atoms. The van der Waals surface area contributed by atoms with Crippen molar-refractivity contribution in [3.8, 4) is 0 Å². The number of rotatable bonds is 5. The Morgan fingerprint density at radius 1 is 0.793 bits per heavy atom. The zero-order valence-corrected chi connectivity index (χ0v) is 15.9. The van der Waals surface area contributed by atoms with Crippen molar-refractivity contribution in [2.45, 2.75) is 6.42 Å². The highest BCUT2D eigenvalue weighted by Gasteiger charge is 2.37. The number of nitrogens with zero attached hydrogens (tertiary/aromatic N) is 2. The van der Waals surface area contributed by atoms with Crippen molar-refractivity contribution in [3.63, 3.8) is 0 Å². The standard InChI is InChI=1S/C21H15FN2O4S/c22-14-8-6-13(7-9-14)12-17-20(27)24(21(28)29-17)11-3-10-23-18(25)15-4-1-2-5-16(15)19(23)26/h1-2,4-9,12H,3,10-11H2/b17-12+. The van der Waals surface area contributed by atoms with Crippen LogP contribution in [-0.4, -0.2) is 45.9 Å². The summed E-state index contributed by atoms with van der Waals surface area (Å²) in [5, 5.41) is -0.411. The zero-order chi connectivity index (χ0) is 20.5.